The second-order valence-corrected chi connectivity index (χ2v) is 8.81. The molecule has 1 aromatic carbocycles. The molecule has 35 heavy (non-hydrogen) atoms. The van der Waals surface area contributed by atoms with Crippen molar-refractivity contribution in [2.45, 2.75) is 39.2 Å². The van der Waals surface area contributed by atoms with Crippen molar-refractivity contribution in [1.29, 1.82) is 0 Å². The Kier molecular flexibility index (Phi) is 7.33. The maximum absolute atomic E-state index is 13.5. The first-order chi connectivity index (χ1) is 16.9. The summed E-state index contributed by atoms with van der Waals surface area (Å²) in [5.41, 5.74) is 1.40. The number of aromatic nitrogens is 4. The summed E-state index contributed by atoms with van der Waals surface area (Å²) < 4.78 is 14.8. The van der Waals surface area contributed by atoms with Crippen molar-refractivity contribution < 1.29 is 18.8 Å². The minimum Gasteiger partial charge on any atom is -0.359 e. The van der Waals surface area contributed by atoms with Crippen LogP contribution in [0.1, 0.15) is 57.8 Å². The standard InChI is InChI=1S/C24H28FN7O3/c1-14-9-16(5-8-18(14)25)12-27-22(34)19-10-20(32-24(31-19)29-13-30-32)23(35)28-11-15-3-6-17(7-4-15)21(33)26-2/h5,8-10,13,15,17H,3-4,6-7,11-12H2,1-2H3,(H,26,33)(H,27,34)(H,28,35)/t15-,17-. The summed E-state index contributed by atoms with van der Waals surface area (Å²) in [5, 5.41) is 12.4. The molecule has 3 aromatic rings. The van der Waals surface area contributed by atoms with Gasteiger partial charge in [-0.2, -0.15) is 14.6 Å². The van der Waals surface area contributed by atoms with Gasteiger partial charge in [0.25, 0.3) is 17.6 Å². The van der Waals surface area contributed by atoms with E-state index in [1.54, 1.807) is 26.1 Å². The van der Waals surface area contributed by atoms with Gasteiger partial charge in [-0.25, -0.2) is 9.37 Å². The first kappa shape index (κ1) is 24.2. The first-order valence-corrected chi connectivity index (χ1v) is 11.6. The lowest BCUT2D eigenvalue weighted by molar-refractivity contribution is -0.125. The van der Waals surface area contributed by atoms with Crippen molar-refractivity contribution in [1.82, 2.24) is 35.5 Å². The molecular weight excluding hydrogens is 453 g/mol. The number of nitrogens with one attached hydrogen (secondary N) is 3. The van der Waals surface area contributed by atoms with Crippen molar-refractivity contribution in [3.05, 3.63) is 58.9 Å². The van der Waals surface area contributed by atoms with Crippen molar-refractivity contribution >= 4 is 23.5 Å². The summed E-state index contributed by atoms with van der Waals surface area (Å²) >= 11 is 0. The van der Waals surface area contributed by atoms with Crippen molar-refractivity contribution in [3.63, 3.8) is 0 Å². The summed E-state index contributed by atoms with van der Waals surface area (Å²) in [4.78, 5) is 45.8. The third kappa shape index (κ3) is 5.61. The molecular formula is C24H28FN7O3. The largest absolute Gasteiger partial charge is 0.359 e. The molecule has 0 spiro atoms. The van der Waals surface area contributed by atoms with Crippen LogP contribution in [0.15, 0.2) is 30.6 Å². The van der Waals surface area contributed by atoms with Gasteiger partial charge in [0.1, 0.15) is 23.5 Å². The minimum absolute atomic E-state index is 0.0283. The van der Waals surface area contributed by atoms with Gasteiger partial charge in [-0.1, -0.05) is 12.1 Å². The van der Waals surface area contributed by atoms with Crippen LogP contribution in [0.2, 0.25) is 0 Å². The molecule has 0 radical (unpaired) electrons. The lowest BCUT2D eigenvalue weighted by Gasteiger charge is -2.27. The van der Waals surface area contributed by atoms with Gasteiger partial charge in [0.2, 0.25) is 5.91 Å². The lowest BCUT2D eigenvalue weighted by atomic mass is 9.81. The summed E-state index contributed by atoms with van der Waals surface area (Å²) in [6, 6.07) is 5.99. The van der Waals surface area contributed by atoms with Crippen LogP contribution in [0.25, 0.3) is 5.78 Å². The van der Waals surface area contributed by atoms with Crippen LogP contribution in [0.3, 0.4) is 0 Å². The maximum Gasteiger partial charge on any atom is 0.270 e. The Morgan fingerprint density at radius 1 is 1.09 bits per heavy atom. The molecule has 3 N–H and O–H groups in total. The van der Waals surface area contributed by atoms with Gasteiger partial charge < -0.3 is 16.0 Å². The fraction of sp³-hybridized carbons (Fsp3) is 0.417. The van der Waals surface area contributed by atoms with Gasteiger partial charge in [0.05, 0.1) is 0 Å². The molecule has 184 valence electrons. The second-order valence-electron chi connectivity index (χ2n) is 8.81. The Morgan fingerprint density at radius 2 is 1.86 bits per heavy atom. The number of rotatable bonds is 7. The quantitative estimate of drug-likeness (QED) is 0.472. The number of halogens is 1. The number of nitrogens with zero attached hydrogens (tertiary/aromatic N) is 4. The van der Waals surface area contributed by atoms with E-state index >= 15 is 0 Å². The van der Waals surface area contributed by atoms with Crippen LogP contribution >= 0.6 is 0 Å². The number of amides is 3. The van der Waals surface area contributed by atoms with Crippen molar-refractivity contribution in [2.24, 2.45) is 11.8 Å². The maximum atomic E-state index is 13.5. The Hall–Kier alpha value is -3.89. The van der Waals surface area contributed by atoms with Gasteiger partial charge in [-0.05, 0) is 55.7 Å². The highest BCUT2D eigenvalue weighted by atomic mass is 19.1. The van der Waals surface area contributed by atoms with E-state index in [0.717, 1.165) is 31.2 Å². The number of fused-ring (bicyclic) bond motifs is 1. The third-order valence-electron chi connectivity index (χ3n) is 6.41. The van der Waals surface area contributed by atoms with E-state index in [1.165, 1.54) is 23.0 Å². The average Bonchev–Trinajstić information content (AvgIpc) is 3.36. The van der Waals surface area contributed by atoms with E-state index in [1.807, 2.05) is 0 Å². The molecule has 10 nitrogen and oxygen atoms in total. The number of hydrogen-bond acceptors (Lipinski definition) is 6. The van der Waals surface area contributed by atoms with E-state index in [2.05, 4.69) is 31.0 Å². The number of carbonyl (C=O) groups excluding carboxylic acids is 3. The third-order valence-corrected chi connectivity index (χ3v) is 6.41. The van der Waals surface area contributed by atoms with Gasteiger partial charge >= 0.3 is 0 Å². The van der Waals surface area contributed by atoms with E-state index < -0.39 is 5.91 Å². The van der Waals surface area contributed by atoms with Gasteiger partial charge in [-0.3, -0.25) is 14.4 Å². The Labute approximate surface area is 201 Å². The van der Waals surface area contributed by atoms with Crippen LogP contribution in [0.5, 0.6) is 0 Å². The summed E-state index contributed by atoms with van der Waals surface area (Å²) in [6.45, 7) is 2.29. The highest BCUT2D eigenvalue weighted by molar-refractivity contribution is 5.98. The van der Waals surface area contributed by atoms with Crippen molar-refractivity contribution in [2.75, 3.05) is 13.6 Å². The molecule has 2 aromatic heterocycles. The SMILES string of the molecule is CNC(=O)[C@H]1CC[C@H](CNC(=O)c2cc(C(=O)NCc3ccc(F)c(C)c3)nc3ncnn23)CC1. The van der Waals surface area contributed by atoms with Crippen LogP contribution in [0, 0.1) is 24.6 Å². The molecule has 1 saturated carbocycles. The summed E-state index contributed by atoms with van der Waals surface area (Å²) in [5.74, 6) is -0.686. The van der Waals surface area contributed by atoms with Crippen LogP contribution in [0.4, 0.5) is 4.39 Å². The molecule has 2 heterocycles. The molecule has 0 saturated heterocycles. The lowest BCUT2D eigenvalue weighted by Crippen LogP contribution is -2.35. The number of hydrogen-bond donors (Lipinski definition) is 3. The summed E-state index contributed by atoms with van der Waals surface area (Å²) in [7, 11) is 1.65. The second kappa shape index (κ2) is 10.6. The van der Waals surface area contributed by atoms with Crippen LogP contribution < -0.4 is 16.0 Å². The number of benzene rings is 1. The molecule has 1 fully saturated rings. The molecule has 3 amide bonds. The molecule has 1 aliphatic rings. The predicted octanol–water partition coefficient (Wildman–Crippen LogP) is 1.78. The Bertz CT molecular complexity index is 1250. The molecule has 0 bridgehead atoms. The molecule has 4 rings (SSSR count). The Morgan fingerprint density at radius 3 is 2.57 bits per heavy atom. The zero-order valence-corrected chi connectivity index (χ0v) is 19.7. The highest BCUT2D eigenvalue weighted by Gasteiger charge is 2.26. The Balaban J connectivity index is 1.41. The predicted molar refractivity (Wildman–Crippen MR) is 125 cm³/mol. The monoisotopic (exact) mass is 481 g/mol. The van der Waals surface area contributed by atoms with Crippen LogP contribution in [-0.2, 0) is 11.3 Å². The highest BCUT2D eigenvalue weighted by Crippen LogP contribution is 2.28. The molecule has 11 heteroatoms. The van der Waals surface area contributed by atoms with E-state index in [4.69, 9.17) is 0 Å². The smallest absolute Gasteiger partial charge is 0.270 e. The topological polar surface area (TPSA) is 130 Å². The molecule has 0 unspecified atom stereocenters. The van der Waals surface area contributed by atoms with E-state index in [9.17, 15) is 18.8 Å². The number of carbonyl (C=O) groups is 3. The molecule has 1 aliphatic carbocycles. The first-order valence-electron chi connectivity index (χ1n) is 11.6. The van der Waals surface area contributed by atoms with Crippen molar-refractivity contribution in [3.8, 4) is 0 Å². The average molecular weight is 482 g/mol. The van der Waals surface area contributed by atoms with Crippen LogP contribution in [-0.4, -0.2) is 50.9 Å². The van der Waals surface area contributed by atoms with E-state index in [0.29, 0.717) is 12.1 Å². The van der Waals surface area contributed by atoms with Gasteiger partial charge in [0.15, 0.2) is 0 Å². The number of aryl methyl sites for hydroxylation is 1. The van der Waals surface area contributed by atoms with E-state index in [-0.39, 0.29) is 53.2 Å². The summed E-state index contributed by atoms with van der Waals surface area (Å²) in [6.07, 6.45) is 4.55. The fourth-order valence-corrected chi connectivity index (χ4v) is 4.34. The zero-order valence-electron chi connectivity index (χ0n) is 19.7. The van der Waals surface area contributed by atoms with Gasteiger partial charge in [-0.15, -0.1) is 0 Å². The normalized spacial score (nSPS) is 17.7. The fourth-order valence-electron chi connectivity index (χ4n) is 4.34. The minimum atomic E-state index is -0.487. The molecule has 0 aliphatic heterocycles. The zero-order chi connectivity index (χ0) is 24.9. The molecule has 0 atom stereocenters. The van der Waals surface area contributed by atoms with Gasteiger partial charge in [0, 0.05) is 32.1 Å².